The first-order valence-corrected chi connectivity index (χ1v) is 8.93. The van der Waals surface area contributed by atoms with Gasteiger partial charge in [0.1, 0.15) is 10.9 Å². The van der Waals surface area contributed by atoms with Crippen LogP contribution in [0.1, 0.15) is 6.92 Å². The van der Waals surface area contributed by atoms with E-state index < -0.39 is 11.2 Å². The second-order valence-electron chi connectivity index (χ2n) is 5.13. The van der Waals surface area contributed by atoms with Gasteiger partial charge in [-0.15, -0.1) is 0 Å². The van der Waals surface area contributed by atoms with Gasteiger partial charge >= 0.3 is 5.97 Å². The highest BCUT2D eigenvalue weighted by atomic mass is 79.9. The average Bonchev–Trinajstić information content (AvgIpc) is 3.00. The Kier molecular flexibility index (Phi) is 5.06. The molecule has 0 amide bonds. The van der Waals surface area contributed by atoms with Gasteiger partial charge in [-0.3, -0.25) is 4.79 Å². The van der Waals surface area contributed by atoms with Crippen molar-refractivity contribution in [2.24, 2.45) is 0 Å². The summed E-state index contributed by atoms with van der Waals surface area (Å²) in [6.45, 7) is 1.61. The molecule has 0 aliphatic heterocycles. The van der Waals surface area contributed by atoms with Crippen LogP contribution in [0.25, 0.3) is 22.6 Å². The summed E-state index contributed by atoms with van der Waals surface area (Å²) in [5.74, 6) is -0.261. The van der Waals surface area contributed by atoms with E-state index in [-0.39, 0.29) is 0 Å². The van der Waals surface area contributed by atoms with Crippen LogP contribution >= 0.6 is 27.7 Å². The molecule has 0 fully saturated rings. The van der Waals surface area contributed by atoms with Crippen LogP contribution in [0.2, 0.25) is 0 Å². The number of carboxylic acid groups (broad SMARTS) is 1. The number of hydrogen-bond acceptors (Lipinski definition) is 4. The topological polar surface area (TPSA) is 63.3 Å². The Morgan fingerprint density at radius 3 is 2.42 bits per heavy atom. The Hall–Kier alpha value is -2.05. The van der Waals surface area contributed by atoms with E-state index in [2.05, 4.69) is 20.9 Å². The van der Waals surface area contributed by atoms with E-state index in [9.17, 15) is 4.79 Å². The normalized spacial score (nSPS) is 12.1. The first kappa shape index (κ1) is 16.8. The molecule has 6 heteroatoms. The fraction of sp³-hybridized carbons (Fsp3) is 0.111. The van der Waals surface area contributed by atoms with Crippen molar-refractivity contribution in [1.82, 2.24) is 4.98 Å². The number of oxazole rings is 1. The molecule has 1 heterocycles. The van der Waals surface area contributed by atoms with Crippen molar-refractivity contribution in [3.63, 3.8) is 0 Å². The fourth-order valence-electron chi connectivity index (χ4n) is 2.14. The third-order valence-corrected chi connectivity index (χ3v) is 4.85. The number of carboxylic acids is 1. The van der Waals surface area contributed by atoms with Gasteiger partial charge in [-0.25, -0.2) is 4.98 Å². The van der Waals surface area contributed by atoms with Gasteiger partial charge in [0, 0.05) is 15.6 Å². The molecule has 0 saturated heterocycles. The molecule has 0 radical (unpaired) electrons. The highest BCUT2D eigenvalue weighted by Gasteiger charge is 2.21. The van der Waals surface area contributed by atoms with E-state index in [0.29, 0.717) is 16.7 Å². The molecule has 3 aromatic rings. The van der Waals surface area contributed by atoms with Gasteiger partial charge < -0.3 is 9.52 Å². The Bertz CT molecular complexity index is 846. The van der Waals surface area contributed by atoms with Crippen LogP contribution in [-0.2, 0) is 4.79 Å². The van der Waals surface area contributed by atoms with Crippen LogP contribution < -0.4 is 0 Å². The van der Waals surface area contributed by atoms with E-state index in [1.165, 1.54) is 0 Å². The molecule has 1 aromatic heterocycles. The van der Waals surface area contributed by atoms with Crippen LogP contribution in [0.4, 0.5) is 0 Å². The van der Waals surface area contributed by atoms with Gasteiger partial charge in [-0.05, 0) is 19.1 Å². The van der Waals surface area contributed by atoms with Crippen molar-refractivity contribution in [2.75, 3.05) is 0 Å². The zero-order chi connectivity index (χ0) is 17.1. The third kappa shape index (κ3) is 3.71. The summed E-state index contributed by atoms with van der Waals surface area (Å²) in [7, 11) is 0. The zero-order valence-corrected chi connectivity index (χ0v) is 15.2. The van der Waals surface area contributed by atoms with Crippen molar-refractivity contribution >= 4 is 33.7 Å². The number of nitrogens with zero attached hydrogens (tertiary/aromatic N) is 1. The second-order valence-corrected chi connectivity index (χ2v) is 7.34. The molecule has 2 aromatic carbocycles. The molecule has 4 nitrogen and oxygen atoms in total. The lowest BCUT2D eigenvalue weighted by Crippen LogP contribution is -2.10. The summed E-state index contributed by atoms with van der Waals surface area (Å²) < 4.78 is 6.86. The molecule has 0 bridgehead atoms. The first-order chi connectivity index (χ1) is 11.5. The SMILES string of the molecule is CC(Sc1nc(-c2ccc(Br)cc2)c(-c2ccccc2)o1)C(=O)O. The average molecular weight is 404 g/mol. The van der Waals surface area contributed by atoms with E-state index >= 15 is 0 Å². The molecule has 122 valence electrons. The second kappa shape index (κ2) is 7.23. The summed E-state index contributed by atoms with van der Waals surface area (Å²) in [6.07, 6.45) is 0. The molecule has 0 saturated carbocycles. The molecule has 0 aliphatic rings. The highest BCUT2D eigenvalue weighted by Crippen LogP contribution is 2.37. The van der Waals surface area contributed by atoms with E-state index in [0.717, 1.165) is 27.4 Å². The van der Waals surface area contributed by atoms with Crippen molar-refractivity contribution in [2.45, 2.75) is 17.4 Å². The predicted molar refractivity (Wildman–Crippen MR) is 98.0 cm³/mol. The number of carbonyl (C=O) groups is 1. The van der Waals surface area contributed by atoms with Crippen molar-refractivity contribution < 1.29 is 14.3 Å². The first-order valence-electron chi connectivity index (χ1n) is 7.26. The van der Waals surface area contributed by atoms with Crippen molar-refractivity contribution in [3.05, 3.63) is 59.1 Å². The Morgan fingerprint density at radius 2 is 1.79 bits per heavy atom. The van der Waals surface area contributed by atoms with Crippen LogP contribution in [0, 0.1) is 0 Å². The molecule has 0 aliphatic carbocycles. The highest BCUT2D eigenvalue weighted by molar-refractivity contribution is 9.10. The number of halogens is 1. The minimum absolute atomic E-state index is 0.349. The molecule has 1 N–H and O–H groups in total. The summed E-state index contributed by atoms with van der Waals surface area (Å²) in [5.41, 5.74) is 2.52. The van der Waals surface area contributed by atoms with Gasteiger partial charge in [0.15, 0.2) is 5.76 Å². The van der Waals surface area contributed by atoms with Gasteiger partial charge in [0.25, 0.3) is 5.22 Å². The molecule has 1 atom stereocenters. The minimum atomic E-state index is -0.898. The number of aliphatic carboxylic acids is 1. The molecule has 3 rings (SSSR count). The molecule has 0 spiro atoms. The summed E-state index contributed by atoms with van der Waals surface area (Å²) in [5, 5.41) is 8.80. The summed E-state index contributed by atoms with van der Waals surface area (Å²) in [6, 6.07) is 17.4. The maximum Gasteiger partial charge on any atom is 0.316 e. The maximum absolute atomic E-state index is 11.1. The molecule has 24 heavy (non-hydrogen) atoms. The van der Waals surface area contributed by atoms with E-state index in [1.54, 1.807) is 6.92 Å². The fourth-order valence-corrected chi connectivity index (χ4v) is 3.08. The lowest BCUT2D eigenvalue weighted by Gasteiger charge is -2.01. The number of rotatable bonds is 5. The van der Waals surface area contributed by atoms with Crippen LogP contribution in [-0.4, -0.2) is 21.3 Å². The monoisotopic (exact) mass is 403 g/mol. The van der Waals surface area contributed by atoms with Crippen LogP contribution in [0.3, 0.4) is 0 Å². The summed E-state index contributed by atoms with van der Waals surface area (Å²) in [4.78, 5) is 15.6. The van der Waals surface area contributed by atoms with Gasteiger partial charge in [-0.2, -0.15) is 0 Å². The number of aromatic nitrogens is 1. The largest absolute Gasteiger partial charge is 0.480 e. The smallest absolute Gasteiger partial charge is 0.316 e. The van der Waals surface area contributed by atoms with E-state index in [1.807, 2.05) is 54.6 Å². The van der Waals surface area contributed by atoms with Gasteiger partial charge in [0.2, 0.25) is 0 Å². The predicted octanol–water partition coefficient (Wildman–Crippen LogP) is 5.34. The Labute approximate surface area is 152 Å². The Morgan fingerprint density at radius 1 is 1.12 bits per heavy atom. The molecule has 1 unspecified atom stereocenters. The zero-order valence-electron chi connectivity index (χ0n) is 12.8. The number of hydrogen-bond donors (Lipinski definition) is 1. The van der Waals surface area contributed by atoms with Gasteiger partial charge in [-0.1, -0.05) is 70.2 Å². The van der Waals surface area contributed by atoms with Crippen molar-refractivity contribution in [3.8, 4) is 22.6 Å². The van der Waals surface area contributed by atoms with Gasteiger partial charge in [0.05, 0.1) is 0 Å². The summed E-state index contributed by atoms with van der Waals surface area (Å²) >= 11 is 4.51. The maximum atomic E-state index is 11.1. The minimum Gasteiger partial charge on any atom is -0.480 e. The van der Waals surface area contributed by atoms with Crippen LogP contribution in [0.5, 0.6) is 0 Å². The lowest BCUT2D eigenvalue weighted by atomic mass is 10.1. The van der Waals surface area contributed by atoms with Crippen molar-refractivity contribution in [1.29, 1.82) is 0 Å². The standard InChI is InChI=1S/C18H14BrNO3S/c1-11(17(21)22)24-18-20-15(12-7-9-14(19)10-8-12)16(23-18)13-5-3-2-4-6-13/h2-11H,1H3,(H,21,22). The quantitative estimate of drug-likeness (QED) is 0.582. The number of benzene rings is 2. The van der Waals surface area contributed by atoms with E-state index in [4.69, 9.17) is 9.52 Å². The Balaban J connectivity index is 2.06. The number of thioether (sulfide) groups is 1. The molecular formula is C18H14BrNO3S. The lowest BCUT2D eigenvalue weighted by molar-refractivity contribution is -0.136. The third-order valence-electron chi connectivity index (χ3n) is 3.39. The van der Waals surface area contributed by atoms with Crippen LogP contribution in [0.15, 0.2) is 68.7 Å². The molecular weight excluding hydrogens is 390 g/mol.